The minimum absolute atomic E-state index is 0.332. The van der Waals surface area contributed by atoms with Crippen LogP contribution in [0, 0.1) is 0 Å². The number of aromatic amines is 1. The third kappa shape index (κ3) is 2.54. The van der Waals surface area contributed by atoms with Crippen molar-refractivity contribution in [2.75, 3.05) is 13.1 Å². The number of fused-ring (bicyclic) bond motifs is 1. The average Bonchev–Trinajstić information content (AvgIpc) is 3.08. The summed E-state index contributed by atoms with van der Waals surface area (Å²) in [6.45, 7) is 2.02. The van der Waals surface area contributed by atoms with E-state index in [1.54, 1.807) is 30.5 Å². The van der Waals surface area contributed by atoms with Gasteiger partial charge in [-0.3, -0.25) is 0 Å². The maximum Gasteiger partial charge on any atom is 0.208 e. The summed E-state index contributed by atoms with van der Waals surface area (Å²) in [6.07, 6.45) is 3.80. The normalized spacial score (nSPS) is 16.5. The molecular formula is C19H20N2O2S. The van der Waals surface area contributed by atoms with Gasteiger partial charge in [0, 0.05) is 11.6 Å². The van der Waals surface area contributed by atoms with Gasteiger partial charge in [-0.25, -0.2) is 8.42 Å². The zero-order valence-corrected chi connectivity index (χ0v) is 14.1. The summed E-state index contributed by atoms with van der Waals surface area (Å²) < 4.78 is 25.9. The molecule has 2 heterocycles. The molecule has 3 aromatic rings. The van der Waals surface area contributed by atoms with Crippen molar-refractivity contribution >= 4 is 20.7 Å². The zero-order chi connectivity index (χ0) is 16.6. The Kier molecular flexibility index (Phi) is 3.90. The number of piperidine rings is 1. The fraction of sp³-hybridized carbons (Fsp3) is 0.263. The molecule has 0 bridgehead atoms. The summed E-state index contributed by atoms with van der Waals surface area (Å²) in [5.74, 6) is 0.473. The lowest BCUT2D eigenvalue weighted by atomic mass is 9.89. The van der Waals surface area contributed by atoms with Crippen LogP contribution in [0.25, 0.3) is 10.9 Å². The van der Waals surface area contributed by atoms with Gasteiger partial charge in [-0.2, -0.15) is 0 Å². The van der Waals surface area contributed by atoms with Crippen molar-refractivity contribution < 1.29 is 8.42 Å². The van der Waals surface area contributed by atoms with E-state index in [0.717, 1.165) is 36.8 Å². The van der Waals surface area contributed by atoms with Gasteiger partial charge in [-0.05, 0) is 49.5 Å². The van der Waals surface area contributed by atoms with Gasteiger partial charge in [0.2, 0.25) is 9.84 Å². The number of para-hydroxylation sites is 1. The third-order valence-corrected chi connectivity index (χ3v) is 6.64. The highest BCUT2D eigenvalue weighted by Crippen LogP contribution is 2.35. The SMILES string of the molecule is O=S(=O)(c1ccccc1)c1c[nH]c2c(C3CCNCC3)cccc12. The molecule has 4 nitrogen and oxygen atoms in total. The lowest BCUT2D eigenvalue weighted by Gasteiger charge is -2.23. The monoisotopic (exact) mass is 340 g/mol. The number of aromatic nitrogens is 1. The molecule has 24 heavy (non-hydrogen) atoms. The minimum Gasteiger partial charge on any atom is -0.360 e. The number of H-pyrrole nitrogens is 1. The first-order valence-corrected chi connectivity index (χ1v) is 9.77. The van der Waals surface area contributed by atoms with E-state index in [1.165, 1.54) is 5.56 Å². The highest BCUT2D eigenvalue weighted by molar-refractivity contribution is 7.91. The first kappa shape index (κ1) is 15.4. The predicted octanol–water partition coefficient (Wildman–Crippen LogP) is 3.47. The van der Waals surface area contributed by atoms with Gasteiger partial charge < -0.3 is 10.3 Å². The molecule has 0 atom stereocenters. The molecule has 0 saturated carbocycles. The second-order valence-electron chi connectivity index (χ2n) is 6.26. The van der Waals surface area contributed by atoms with Crippen LogP contribution in [0.4, 0.5) is 0 Å². The number of rotatable bonds is 3. The Labute approximate surface area is 141 Å². The second-order valence-corrected chi connectivity index (χ2v) is 8.18. The summed E-state index contributed by atoms with van der Waals surface area (Å²) in [5, 5.41) is 4.16. The van der Waals surface area contributed by atoms with Crippen molar-refractivity contribution in [2.24, 2.45) is 0 Å². The molecule has 1 saturated heterocycles. The lowest BCUT2D eigenvalue weighted by molar-refractivity contribution is 0.462. The molecule has 1 fully saturated rings. The fourth-order valence-corrected chi connectivity index (χ4v) is 5.02. The second kappa shape index (κ2) is 6.07. The van der Waals surface area contributed by atoms with Crippen LogP contribution in [-0.2, 0) is 9.84 Å². The molecule has 5 heteroatoms. The Balaban J connectivity index is 1.84. The number of hydrogen-bond donors (Lipinski definition) is 2. The standard InChI is InChI=1S/C19H20N2O2S/c22-24(23,15-5-2-1-3-6-15)18-13-21-19-16(7-4-8-17(18)19)14-9-11-20-12-10-14/h1-8,13-14,20-21H,9-12H2. The van der Waals surface area contributed by atoms with Crippen molar-refractivity contribution in [2.45, 2.75) is 28.6 Å². The molecule has 2 aromatic carbocycles. The van der Waals surface area contributed by atoms with E-state index in [0.29, 0.717) is 15.7 Å². The van der Waals surface area contributed by atoms with Crippen molar-refractivity contribution in [3.8, 4) is 0 Å². The Morgan fingerprint density at radius 3 is 2.42 bits per heavy atom. The van der Waals surface area contributed by atoms with Gasteiger partial charge >= 0.3 is 0 Å². The van der Waals surface area contributed by atoms with Crippen molar-refractivity contribution in [3.05, 3.63) is 60.3 Å². The number of hydrogen-bond acceptors (Lipinski definition) is 3. The van der Waals surface area contributed by atoms with Crippen molar-refractivity contribution in [3.63, 3.8) is 0 Å². The summed E-state index contributed by atoms with van der Waals surface area (Å²) >= 11 is 0. The Bertz CT molecular complexity index is 955. The van der Waals surface area contributed by atoms with Crippen LogP contribution >= 0.6 is 0 Å². The first-order chi connectivity index (χ1) is 11.7. The Morgan fingerprint density at radius 2 is 1.67 bits per heavy atom. The number of benzene rings is 2. The number of sulfone groups is 1. The molecule has 2 N–H and O–H groups in total. The molecule has 0 radical (unpaired) electrons. The summed E-state index contributed by atoms with van der Waals surface area (Å²) in [6, 6.07) is 14.6. The van der Waals surface area contributed by atoms with Crippen molar-refractivity contribution in [1.82, 2.24) is 10.3 Å². The average molecular weight is 340 g/mol. The van der Waals surface area contributed by atoms with Crippen LogP contribution in [-0.4, -0.2) is 26.5 Å². The maximum atomic E-state index is 13.0. The third-order valence-electron chi connectivity index (χ3n) is 4.83. The number of nitrogens with one attached hydrogen (secondary N) is 2. The van der Waals surface area contributed by atoms with Gasteiger partial charge in [0.25, 0.3) is 0 Å². The van der Waals surface area contributed by atoms with E-state index in [9.17, 15) is 8.42 Å². The molecule has 1 aromatic heterocycles. The Morgan fingerprint density at radius 1 is 0.917 bits per heavy atom. The molecule has 1 aliphatic heterocycles. The van der Waals surface area contributed by atoms with E-state index >= 15 is 0 Å². The molecule has 0 amide bonds. The highest BCUT2D eigenvalue weighted by atomic mass is 32.2. The molecule has 1 aliphatic rings. The first-order valence-electron chi connectivity index (χ1n) is 8.29. The van der Waals surface area contributed by atoms with Crippen LogP contribution in [0.3, 0.4) is 0 Å². The van der Waals surface area contributed by atoms with Gasteiger partial charge in [-0.1, -0.05) is 36.4 Å². The molecule has 4 rings (SSSR count). The van der Waals surface area contributed by atoms with Gasteiger partial charge in [0.05, 0.1) is 15.3 Å². The quantitative estimate of drug-likeness (QED) is 0.767. The largest absolute Gasteiger partial charge is 0.360 e. The topological polar surface area (TPSA) is 62.0 Å². The van der Waals surface area contributed by atoms with E-state index in [-0.39, 0.29) is 0 Å². The lowest BCUT2D eigenvalue weighted by Crippen LogP contribution is -2.26. The minimum atomic E-state index is -3.51. The van der Waals surface area contributed by atoms with E-state index in [4.69, 9.17) is 0 Å². The molecule has 0 spiro atoms. The molecular weight excluding hydrogens is 320 g/mol. The van der Waals surface area contributed by atoms with Crippen LogP contribution in [0.15, 0.2) is 64.5 Å². The van der Waals surface area contributed by atoms with Gasteiger partial charge in [0.1, 0.15) is 0 Å². The molecule has 0 aliphatic carbocycles. The highest BCUT2D eigenvalue weighted by Gasteiger charge is 2.24. The van der Waals surface area contributed by atoms with Gasteiger partial charge in [0.15, 0.2) is 0 Å². The van der Waals surface area contributed by atoms with Crippen LogP contribution in [0.2, 0.25) is 0 Å². The van der Waals surface area contributed by atoms with E-state index in [1.807, 2.05) is 18.2 Å². The van der Waals surface area contributed by atoms with E-state index in [2.05, 4.69) is 16.4 Å². The fourth-order valence-electron chi connectivity index (χ4n) is 3.57. The summed E-state index contributed by atoms with van der Waals surface area (Å²) in [7, 11) is -3.51. The Hall–Kier alpha value is -2.11. The molecule has 0 unspecified atom stereocenters. The van der Waals surface area contributed by atoms with Crippen LogP contribution in [0.1, 0.15) is 24.3 Å². The maximum absolute atomic E-state index is 13.0. The van der Waals surface area contributed by atoms with Gasteiger partial charge in [-0.15, -0.1) is 0 Å². The summed E-state index contributed by atoms with van der Waals surface area (Å²) in [5.41, 5.74) is 2.18. The van der Waals surface area contributed by atoms with Crippen molar-refractivity contribution in [1.29, 1.82) is 0 Å². The zero-order valence-electron chi connectivity index (χ0n) is 13.3. The van der Waals surface area contributed by atoms with E-state index < -0.39 is 9.84 Å². The predicted molar refractivity (Wildman–Crippen MR) is 95.0 cm³/mol. The molecule has 124 valence electrons. The smallest absolute Gasteiger partial charge is 0.208 e. The summed E-state index contributed by atoms with van der Waals surface area (Å²) in [4.78, 5) is 3.92. The van der Waals surface area contributed by atoms with Crippen LogP contribution < -0.4 is 5.32 Å². The van der Waals surface area contributed by atoms with Crippen LogP contribution in [0.5, 0.6) is 0 Å².